The first-order chi connectivity index (χ1) is 8.66. The molecule has 0 radical (unpaired) electrons. The van der Waals surface area contributed by atoms with E-state index in [2.05, 4.69) is 10.3 Å². The monoisotopic (exact) mass is 263 g/mol. The normalized spacial score (nSPS) is 10.2. The van der Waals surface area contributed by atoms with Crippen molar-refractivity contribution in [1.29, 1.82) is 0 Å². The van der Waals surface area contributed by atoms with Gasteiger partial charge in [0.05, 0.1) is 21.9 Å². The van der Waals surface area contributed by atoms with Crippen molar-refractivity contribution in [1.82, 2.24) is 4.98 Å². The molecular formula is C12H13N3O2S. The molecule has 0 fully saturated rings. The Labute approximate surface area is 108 Å². The molecule has 2 aromatic rings. The third-order valence-corrected chi connectivity index (χ3v) is 3.28. The van der Waals surface area contributed by atoms with E-state index in [4.69, 9.17) is 10.8 Å². The summed E-state index contributed by atoms with van der Waals surface area (Å²) in [5.74, 6) is -0.960. The highest BCUT2D eigenvalue weighted by Gasteiger charge is 2.06. The van der Waals surface area contributed by atoms with E-state index >= 15 is 0 Å². The lowest BCUT2D eigenvalue weighted by Gasteiger charge is -2.09. The highest BCUT2D eigenvalue weighted by atomic mass is 32.1. The molecule has 5 nitrogen and oxygen atoms in total. The van der Waals surface area contributed by atoms with E-state index in [1.807, 2.05) is 5.38 Å². The molecule has 0 amide bonds. The largest absolute Gasteiger partial charge is 0.478 e. The van der Waals surface area contributed by atoms with Gasteiger partial charge in [0, 0.05) is 24.5 Å². The van der Waals surface area contributed by atoms with E-state index in [1.165, 1.54) is 6.07 Å². The van der Waals surface area contributed by atoms with Crippen LogP contribution in [0.4, 0.5) is 11.4 Å². The minimum atomic E-state index is -0.960. The van der Waals surface area contributed by atoms with E-state index in [0.29, 0.717) is 17.9 Å². The number of nitrogens with zero attached hydrogens (tertiary/aromatic N) is 1. The van der Waals surface area contributed by atoms with Crippen molar-refractivity contribution >= 4 is 28.7 Å². The third-order valence-electron chi connectivity index (χ3n) is 2.44. The smallest absolute Gasteiger partial charge is 0.335 e. The molecule has 1 heterocycles. The number of carboxylic acids is 1. The molecule has 6 heteroatoms. The lowest BCUT2D eigenvalue weighted by atomic mass is 10.1. The maximum absolute atomic E-state index is 10.8. The highest BCUT2D eigenvalue weighted by molar-refractivity contribution is 7.09. The summed E-state index contributed by atoms with van der Waals surface area (Å²) in [6.07, 6.45) is 2.55. The van der Waals surface area contributed by atoms with Crippen LogP contribution in [-0.2, 0) is 6.42 Å². The molecule has 0 aliphatic rings. The number of nitrogen functional groups attached to an aromatic ring is 1. The van der Waals surface area contributed by atoms with Gasteiger partial charge in [0.2, 0.25) is 0 Å². The van der Waals surface area contributed by atoms with Crippen LogP contribution in [0.25, 0.3) is 0 Å². The Hall–Kier alpha value is -2.08. The van der Waals surface area contributed by atoms with Gasteiger partial charge in [0.15, 0.2) is 0 Å². The SMILES string of the molecule is Nc1ccc(C(=O)O)cc1NCCc1nccs1. The Bertz CT molecular complexity index is 540. The fraction of sp³-hybridized carbons (Fsp3) is 0.167. The van der Waals surface area contributed by atoms with Crippen LogP contribution in [0.5, 0.6) is 0 Å². The molecule has 0 unspecified atom stereocenters. The molecule has 1 aromatic carbocycles. The van der Waals surface area contributed by atoms with Crippen LogP contribution in [0.15, 0.2) is 29.8 Å². The van der Waals surface area contributed by atoms with Crippen molar-refractivity contribution in [3.8, 4) is 0 Å². The van der Waals surface area contributed by atoms with E-state index in [0.717, 1.165) is 11.4 Å². The predicted molar refractivity (Wildman–Crippen MR) is 72.1 cm³/mol. The number of aromatic nitrogens is 1. The molecule has 0 aliphatic carbocycles. The van der Waals surface area contributed by atoms with Gasteiger partial charge >= 0.3 is 5.97 Å². The lowest BCUT2D eigenvalue weighted by Crippen LogP contribution is -2.08. The molecule has 2 rings (SSSR count). The molecule has 1 aromatic heterocycles. The fourth-order valence-electron chi connectivity index (χ4n) is 1.52. The summed E-state index contributed by atoms with van der Waals surface area (Å²) in [5, 5.41) is 15.0. The number of nitrogens with one attached hydrogen (secondary N) is 1. The number of carbonyl (C=O) groups is 1. The predicted octanol–water partition coefficient (Wildman–Crippen LogP) is 2.08. The summed E-state index contributed by atoms with van der Waals surface area (Å²) in [7, 11) is 0. The number of aromatic carboxylic acids is 1. The van der Waals surface area contributed by atoms with Crippen LogP contribution in [0.1, 0.15) is 15.4 Å². The second-order valence-corrected chi connectivity index (χ2v) is 4.69. The molecular weight excluding hydrogens is 250 g/mol. The van der Waals surface area contributed by atoms with Crippen molar-refractivity contribution in [2.75, 3.05) is 17.6 Å². The quantitative estimate of drug-likeness (QED) is 0.719. The van der Waals surface area contributed by atoms with Gasteiger partial charge in [0.1, 0.15) is 0 Å². The zero-order chi connectivity index (χ0) is 13.0. The Morgan fingerprint density at radius 2 is 2.33 bits per heavy atom. The zero-order valence-corrected chi connectivity index (χ0v) is 10.4. The second-order valence-electron chi connectivity index (χ2n) is 3.71. The Kier molecular flexibility index (Phi) is 3.78. The van der Waals surface area contributed by atoms with E-state index < -0.39 is 5.97 Å². The highest BCUT2D eigenvalue weighted by Crippen LogP contribution is 2.20. The summed E-state index contributed by atoms with van der Waals surface area (Å²) < 4.78 is 0. The molecule has 0 aliphatic heterocycles. The van der Waals surface area contributed by atoms with E-state index in [1.54, 1.807) is 29.7 Å². The summed E-state index contributed by atoms with van der Waals surface area (Å²) in [5.41, 5.74) is 7.19. The van der Waals surface area contributed by atoms with E-state index in [-0.39, 0.29) is 5.56 Å². The van der Waals surface area contributed by atoms with Crippen LogP contribution in [0.3, 0.4) is 0 Å². The van der Waals surface area contributed by atoms with Gasteiger partial charge in [-0.25, -0.2) is 9.78 Å². The molecule has 0 atom stereocenters. The Morgan fingerprint density at radius 1 is 1.50 bits per heavy atom. The first-order valence-corrected chi connectivity index (χ1v) is 6.30. The Balaban J connectivity index is 2.00. The van der Waals surface area contributed by atoms with Crippen molar-refractivity contribution in [2.24, 2.45) is 0 Å². The van der Waals surface area contributed by atoms with E-state index in [9.17, 15) is 4.79 Å². The van der Waals surface area contributed by atoms with Crippen molar-refractivity contribution < 1.29 is 9.90 Å². The minimum Gasteiger partial charge on any atom is -0.478 e. The summed E-state index contributed by atoms with van der Waals surface area (Å²) in [4.78, 5) is 15.0. The van der Waals surface area contributed by atoms with Gasteiger partial charge in [-0.3, -0.25) is 0 Å². The van der Waals surface area contributed by atoms with Crippen LogP contribution in [0, 0.1) is 0 Å². The first kappa shape index (κ1) is 12.4. The molecule has 0 saturated heterocycles. The van der Waals surface area contributed by atoms with Crippen molar-refractivity contribution in [2.45, 2.75) is 6.42 Å². The molecule has 0 spiro atoms. The van der Waals surface area contributed by atoms with Gasteiger partial charge < -0.3 is 16.2 Å². The summed E-state index contributed by atoms with van der Waals surface area (Å²) in [6.45, 7) is 0.667. The van der Waals surface area contributed by atoms with Crippen LogP contribution in [0.2, 0.25) is 0 Å². The topological polar surface area (TPSA) is 88.2 Å². The number of carboxylic acid groups (broad SMARTS) is 1. The molecule has 18 heavy (non-hydrogen) atoms. The van der Waals surface area contributed by atoms with Gasteiger partial charge in [-0.2, -0.15) is 0 Å². The molecule has 0 bridgehead atoms. The molecule has 0 saturated carbocycles. The number of benzene rings is 1. The maximum Gasteiger partial charge on any atom is 0.335 e. The fourth-order valence-corrected chi connectivity index (χ4v) is 2.14. The van der Waals surface area contributed by atoms with Crippen LogP contribution < -0.4 is 11.1 Å². The summed E-state index contributed by atoms with van der Waals surface area (Å²) in [6, 6.07) is 4.62. The maximum atomic E-state index is 10.8. The van der Waals surface area contributed by atoms with Crippen molar-refractivity contribution in [3.63, 3.8) is 0 Å². The van der Waals surface area contributed by atoms with Crippen molar-refractivity contribution in [3.05, 3.63) is 40.3 Å². The van der Waals surface area contributed by atoms with Crippen LogP contribution in [-0.4, -0.2) is 22.6 Å². The van der Waals surface area contributed by atoms with Gasteiger partial charge in [-0.15, -0.1) is 11.3 Å². The molecule has 4 N–H and O–H groups in total. The molecule has 94 valence electrons. The Morgan fingerprint density at radius 3 is 3.00 bits per heavy atom. The number of thiazole rings is 1. The number of anilines is 2. The standard InChI is InChI=1S/C12H13N3O2S/c13-9-2-1-8(12(16)17)7-10(9)14-4-3-11-15-5-6-18-11/h1-2,5-7,14H,3-4,13H2,(H,16,17). The average molecular weight is 263 g/mol. The van der Waals surface area contributed by atoms with Gasteiger partial charge in [-0.05, 0) is 18.2 Å². The van der Waals surface area contributed by atoms with Gasteiger partial charge in [-0.1, -0.05) is 0 Å². The minimum absolute atomic E-state index is 0.223. The van der Waals surface area contributed by atoms with Gasteiger partial charge in [0.25, 0.3) is 0 Å². The summed E-state index contributed by atoms with van der Waals surface area (Å²) >= 11 is 1.59. The third kappa shape index (κ3) is 2.98. The first-order valence-electron chi connectivity index (χ1n) is 5.42. The number of rotatable bonds is 5. The number of nitrogens with two attached hydrogens (primary N) is 1. The zero-order valence-electron chi connectivity index (χ0n) is 9.59. The number of hydrogen-bond donors (Lipinski definition) is 3. The van der Waals surface area contributed by atoms with Crippen LogP contribution >= 0.6 is 11.3 Å². The lowest BCUT2D eigenvalue weighted by molar-refractivity contribution is 0.0697. The number of hydrogen-bond acceptors (Lipinski definition) is 5. The average Bonchev–Trinajstić information content (AvgIpc) is 2.84. The second kappa shape index (κ2) is 5.50.